The Morgan fingerprint density at radius 1 is 1.00 bits per heavy atom. The van der Waals surface area contributed by atoms with Gasteiger partial charge in [0.25, 0.3) is 5.91 Å². The molecule has 1 aromatic heterocycles. The topological polar surface area (TPSA) is 66.9 Å². The summed E-state index contributed by atoms with van der Waals surface area (Å²) >= 11 is 5.93. The number of carbonyl (C=O) groups excluding carboxylic acids is 1. The Morgan fingerprint density at radius 3 is 2.35 bits per heavy atom. The molecule has 3 aromatic rings. The SMILES string of the molecule is CC(C)NC(=O)c1ccc(Nc2nccc(-c3ccc(Cl)cc3)n2)cc1. The zero-order valence-corrected chi connectivity index (χ0v) is 15.3. The minimum Gasteiger partial charge on any atom is -0.350 e. The number of benzene rings is 2. The molecule has 2 aromatic carbocycles. The molecule has 26 heavy (non-hydrogen) atoms. The third kappa shape index (κ3) is 4.58. The molecule has 132 valence electrons. The van der Waals surface area contributed by atoms with Gasteiger partial charge in [0.15, 0.2) is 0 Å². The van der Waals surface area contributed by atoms with E-state index in [2.05, 4.69) is 20.6 Å². The fraction of sp³-hybridized carbons (Fsp3) is 0.150. The molecule has 0 saturated heterocycles. The van der Waals surface area contributed by atoms with Gasteiger partial charge < -0.3 is 10.6 Å². The second kappa shape index (κ2) is 7.97. The number of nitrogens with zero attached hydrogens (tertiary/aromatic N) is 2. The Morgan fingerprint density at radius 2 is 1.69 bits per heavy atom. The van der Waals surface area contributed by atoms with E-state index in [1.54, 1.807) is 18.3 Å². The van der Waals surface area contributed by atoms with Gasteiger partial charge in [-0.1, -0.05) is 23.7 Å². The van der Waals surface area contributed by atoms with Crippen LogP contribution in [-0.4, -0.2) is 21.9 Å². The molecular weight excluding hydrogens is 348 g/mol. The third-order valence-corrected chi connectivity index (χ3v) is 3.87. The van der Waals surface area contributed by atoms with Crippen molar-refractivity contribution >= 4 is 29.1 Å². The Balaban J connectivity index is 1.74. The van der Waals surface area contributed by atoms with Crippen LogP contribution in [0.15, 0.2) is 60.8 Å². The molecule has 2 N–H and O–H groups in total. The molecule has 0 fully saturated rings. The first-order valence-electron chi connectivity index (χ1n) is 8.28. The molecular formula is C20H19ClN4O. The van der Waals surface area contributed by atoms with Crippen molar-refractivity contribution < 1.29 is 4.79 Å². The number of carbonyl (C=O) groups is 1. The van der Waals surface area contributed by atoms with Gasteiger partial charge >= 0.3 is 0 Å². The smallest absolute Gasteiger partial charge is 0.251 e. The maximum atomic E-state index is 12.0. The van der Waals surface area contributed by atoms with Gasteiger partial charge in [-0.3, -0.25) is 4.79 Å². The molecule has 0 bridgehead atoms. The summed E-state index contributed by atoms with van der Waals surface area (Å²) in [7, 11) is 0. The van der Waals surface area contributed by atoms with Gasteiger partial charge in [-0.05, 0) is 56.3 Å². The maximum absolute atomic E-state index is 12.0. The predicted octanol–water partition coefficient (Wildman–Crippen LogP) is 4.68. The minimum absolute atomic E-state index is 0.0902. The van der Waals surface area contributed by atoms with E-state index >= 15 is 0 Å². The van der Waals surface area contributed by atoms with E-state index in [0.29, 0.717) is 16.5 Å². The average molecular weight is 367 g/mol. The molecule has 0 spiro atoms. The first-order chi connectivity index (χ1) is 12.5. The van der Waals surface area contributed by atoms with Crippen molar-refractivity contribution in [1.29, 1.82) is 0 Å². The summed E-state index contributed by atoms with van der Waals surface area (Å²) in [5.41, 5.74) is 3.17. The van der Waals surface area contributed by atoms with Crippen molar-refractivity contribution in [3.63, 3.8) is 0 Å². The van der Waals surface area contributed by atoms with Crippen LogP contribution in [0.4, 0.5) is 11.6 Å². The van der Waals surface area contributed by atoms with E-state index < -0.39 is 0 Å². The summed E-state index contributed by atoms with van der Waals surface area (Å²) in [6, 6.07) is 16.6. The van der Waals surface area contributed by atoms with Crippen molar-refractivity contribution in [1.82, 2.24) is 15.3 Å². The van der Waals surface area contributed by atoms with Crippen molar-refractivity contribution in [2.45, 2.75) is 19.9 Å². The summed E-state index contributed by atoms with van der Waals surface area (Å²) < 4.78 is 0. The summed E-state index contributed by atoms with van der Waals surface area (Å²) in [6.45, 7) is 3.86. The van der Waals surface area contributed by atoms with Crippen LogP contribution < -0.4 is 10.6 Å². The molecule has 0 aliphatic rings. The Labute approximate surface area is 157 Å². The highest BCUT2D eigenvalue weighted by molar-refractivity contribution is 6.30. The van der Waals surface area contributed by atoms with E-state index in [0.717, 1.165) is 16.9 Å². The number of amides is 1. The van der Waals surface area contributed by atoms with E-state index in [1.807, 2.05) is 56.3 Å². The molecule has 6 heteroatoms. The minimum atomic E-state index is -0.0902. The Bertz CT molecular complexity index is 892. The van der Waals surface area contributed by atoms with E-state index in [9.17, 15) is 4.79 Å². The molecule has 5 nitrogen and oxygen atoms in total. The average Bonchev–Trinajstić information content (AvgIpc) is 2.62. The van der Waals surface area contributed by atoms with Crippen LogP contribution in [0, 0.1) is 0 Å². The lowest BCUT2D eigenvalue weighted by Crippen LogP contribution is -2.29. The van der Waals surface area contributed by atoms with Gasteiger partial charge in [0.1, 0.15) is 0 Å². The first-order valence-corrected chi connectivity index (χ1v) is 8.66. The van der Waals surface area contributed by atoms with Gasteiger partial charge in [0.05, 0.1) is 5.69 Å². The van der Waals surface area contributed by atoms with E-state index in [-0.39, 0.29) is 11.9 Å². The van der Waals surface area contributed by atoms with Crippen LogP contribution in [0.3, 0.4) is 0 Å². The third-order valence-electron chi connectivity index (χ3n) is 3.62. The van der Waals surface area contributed by atoms with Crippen molar-refractivity contribution in [2.24, 2.45) is 0 Å². The number of rotatable bonds is 5. The molecule has 0 unspecified atom stereocenters. The summed E-state index contributed by atoms with van der Waals surface area (Å²) in [5, 5.41) is 6.70. The Hall–Kier alpha value is -2.92. The van der Waals surface area contributed by atoms with Crippen LogP contribution in [0.25, 0.3) is 11.3 Å². The van der Waals surface area contributed by atoms with Crippen molar-refractivity contribution in [3.8, 4) is 11.3 Å². The lowest BCUT2D eigenvalue weighted by molar-refractivity contribution is 0.0943. The second-order valence-electron chi connectivity index (χ2n) is 6.10. The summed E-state index contributed by atoms with van der Waals surface area (Å²) in [6.07, 6.45) is 1.70. The van der Waals surface area contributed by atoms with Gasteiger partial charge in [-0.2, -0.15) is 0 Å². The van der Waals surface area contributed by atoms with Crippen LogP contribution in [0.5, 0.6) is 0 Å². The fourth-order valence-corrected chi connectivity index (χ4v) is 2.51. The quantitative estimate of drug-likeness (QED) is 0.688. The van der Waals surface area contributed by atoms with Crippen LogP contribution >= 0.6 is 11.6 Å². The highest BCUT2D eigenvalue weighted by Gasteiger charge is 2.07. The zero-order chi connectivity index (χ0) is 18.5. The highest BCUT2D eigenvalue weighted by atomic mass is 35.5. The normalized spacial score (nSPS) is 10.6. The molecule has 0 aliphatic carbocycles. The predicted molar refractivity (Wildman–Crippen MR) is 105 cm³/mol. The largest absolute Gasteiger partial charge is 0.350 e. The number of halogens is 1. The second-order valence-corrected chi connectivity index (χ2v) is 6.54. The molecule has 3 rings (SSSR count). The lowest BCUT2D eigenvalue weighted by Gasteiger charge is -2.10. The molecule has 1 amide bonds. The monoisotopic (exact) mass is 366 g/mol. The summed E-state index contributed by atoms with van der Waals surface area (Å²) in [5.74, 6) is 0.393. The van der Waals surface area contributed by atoms with E-state index in [4.69, 9.17) is 11.6 Å². The molecule has 1 heterocycles. The molecule has 0 atom stereocenters. The maximum Gasteiger partial charge on any atom is 0.251 e. The van der Waals surface area contributed by atoms with Crippen molar-refractivity contribution in [2.75, 3.05) is 5.32 Å². The van der Waals surface area contributed by atoms with Crippen LogP contribution in [-0.2, 0) is 0 Å². The van der Waals surface area contributed by atoms with Crippen LogP contribution in [0.2, 0.25) is 5.02 Å². The standard InChI is InChI=1S/C20H19ClN4O/c1-13(2)23-19(26)15-5-9-17(10-6-15)24-20-22-12-11-18(25-20)14-3-7-16(21)8-4-14/h3-13H,1-2H3,(H,23,26)(H,22,24,25). The molecule has 0 saturated carbocycles. The van der Waals surface area contributed by atoms with Gasteiger partial charge in [0.2, 0.25) is 5.95 Å². The summed E-state index contributed by atoms with van der Waals surface area (Å²) in [4.78, 5) is 20.8. The number of nitrogens with one attached hydrogen (secondary N) is 2. The number of hydrogen-bond acceptors (Lipinski definition) is 4. The van der Waals surface area contributed by atoms with E-state index in [1.165, 1.54) is 0 Å². The van der Waals surface area contributed by atoms with Crippen LogP contribution in [0.1, 0.15) is 24.2 Å². The fourth-order valence-electron chi connectivity index (χ4n) is 2.38. The highest BCUT2D eigenvalue weighted by Crippen LogP contribution is 2.21. The molecule has 0 radical (unpaired) electrons. The lowest BCUT2D eigenvalue weighted by atomic mass is 10.1. The number of hydrogen-bond donors (Lipinski definition) is 2. The first kappa shape index (κ1) is 17.9. The van der Waals surface area contributed by atoms with Gasteiger partial charge in [-0.15, -0.1) is 0 Å². The molecule has 0 aliphatic heterocycles. The number of anilines is 2. The Kier molecular flexibility index (Phi) is 5.49. The van der Waals surface area contributed by atoms with Gasteiger partial charge in [-0.25, -0.2) is 9.97 Å². The number of aromatic nitrogens is 2. The van der Waals surface area contributed by atoms with Crippen molar-refractivity contribution in [3.05, 3.63) is 71.4 Å². The van der Waals surface area contributed by atoms with Gasteiger partial charge in [0, 0.05) is 34.1 Å². The zero-order valence-electron chi connectivity index (χ0n) is 14.5.